The van der Waals surface area contributed by atoms with Gasteiger partial charge in [0.15, 0.2) is 0 Å². The molecule has 23 heavy (non-hydrogen) atoms. The van der Waals surface area contributed by atoms with E-state index in [-0.39, 0.29) is 12.0 Å². The number of hydrogen-bond donors (Lipinski definition) is 1. The number of carbonyl (C=O) groups excluding carboxylic acids is 1. The fourth-order valence-electron chi connectivity index (χ4n) is 2.81. The van der Waals surface area contributed by atoms with E-state index < -0.39 is 0 Å². The van der Waals surface area contributed by atoms with E-state index in [1.165, 1.54) is 12.8 Å². The first kappa shape index (κ1) is 16.6. The van der Waals surface area contributed by atoms with Gasteiger partial charge in [-0.3, -0.25) is 4.79 Å². The zero-order chi connectivity index (χ0) is 16.2. The molecule has 1 saturated carbocycles. The lowest BCUT2D eigenvalue weighted by Crippen LogP contribution is -2.46. The molecule has 1 heterocycles. The van der Waals surface area contributed by atoms with Crippen molar-refractivity contribution in [3.8, 4) is 5.75 Å². The van der Waals surface area contributed by atoms with E-state index in [2.05, 4.69) is 0 Å². The number of benzene rings is 1. The predicted octanol–water partition coefficient (Wildman–Crippen LogP) is 2.32. The van der Waals surface area contributed by atoms with Gasteiger partial charge in [0.2, 0.25) is 0 Å². The summed E-state index contributed by atoms with van der Waals surface area (Å²) >= 11 is 6.23. The number of nitrogens with zero attached hydrogens (tertiary/aromatic N) is 1. The number of hydrogen-bond acceptors (Lipinski definition) is 4. The van der Waals surface area contributed by atoms with Crippen LogP contribution in [0.3, 0.4) is 0 Å². The molecule has 1 aromatic carbocycles. The Labute approximate surface area is 141 Å². The second kappa shape index (κ2) is 7.51. The highest BCUT2D eigenvalue weighted by atomic mass is 35.5. The molecule has 1 aliphatic heterocycles. The van der Waals surface area contributed by atoms with Crippen molar-refractivity contribution in [2.24, 2.45) is 11.7 Å². The summed E-state index contributed by atoms with van der Waals surface area (Å²) in [6.07, 6.45) is 3.40. The Kier molecular flexibility index (Phi) is 5.41. The van der Waals surface area contributed by atoms with Crippen LogP contribution in [0, 0.1) is 5.92 Å². The lowest BCUT2D eigenvalue weighted by atomic mass is 10.1. The van der Waals surface area contributed by atoms with E-state index in [1.807, 2.05) is 4.90 Å². The molecule has 1 saturated heterocycles. The minimum Gasteiger partial charge on any atom is -0.492 e. The lowest BCUT2D eigenvalue weighted by molar-refractivity contribution is -0.0313. The number of carbonyl (C=O) groups is 1. The van der Waals surface area contributed by atoms with E-state index in [0.29, 0.717) is 55.1 Å². The topological polar surface area (TPSA) is 64.8 Å². The maximum Gasteiger partial charge on any atom is 0.254 e. The standard InChI is InChI=1S/C17H23ClN2O3/c18-14-10-13(4-5-15(14)22-8-1-6-19)17(21)20-7-9-23-16(11-20)12-2-3-12/h4-5,10,12,16H,1-3,6-9,11,19H2/t16-/m1/s1. The smallest absolute Gasteiger partial charge is 0.254 e. The van der Waals surface area contributed by atoms with Crippen molar-refractivity contribution in [3.05, 3.63) is 28.8 Å². The molecule has 6 heteroatoms. The average molecular weight is 339 g/mol. The van der Waals surface area contributed by atoms with Crippen LogP contribution in [0.15, 0.2) is 18.2 Å². The summed E-state index contributed by atoms with van der Waals surface area (Å²) in [7, 11) is 0. The maximum absolute atomic E-state index is 12.7. The Morgan fingerprint density at radius 3 is 2.96 bits per heavy atom. The first-order valence-corrected chi connectivity index (χ1v) is 8.60. The van der Waals surface area contributed by atoms with Crippen molar-refractivity contribution in [1.82, 2.24) is 4.90 Å². The predicted molar refractivity (Wildman–Crippen MR) is 89.0 cm³/mol. The minimum atomic E-state index is 0.00866. The zero-order valence-electron chi connectivity index (χ0n) is 13.2. The van der Waals surface area contributed by atoms with Gasteiger partial charge in [0.25, 0.3) is 5.91 Å². The van der Waals surface area contributed by atoms with Crippen molar-refractivity contribution in [2.45, 2.75) is 25.4 Å². The Morgan fingerprint density at radius 1 is 1.43 bits per heavy atom. The highest BCUT2D eigenvalue weighted by molar-refractivity contribution is 6.32. The second-order valence-corrected chi connectivity index (χ2v) is 6.54. The third-order valence-corrected chi connectivity index (χ3v) is 4.61. The fourth-order valence-corrected chi connectivity index (χ4v) is 3.05. The molecule has 1 amide bonds. The van der Waals surface area contributed by atoms with Crippen LogP contribution in [0.4, 0.5) is 0 Å². The molecule has 2 aliphatic rings. The van der Waals surface area contributed by atoms with Crippen LogP contribution >= 0.6 is 11.6 Å². The molecule has 2 fully saturated rings. The molecule has 0 unspecified atom stereocenters. The molecule has 3 rings (SSSR count). The van der Waals surface area contributed by atoms with E-state index in [1.54, 1.807) is 18.2 Å². The quantitative estimate of drug-likeness (QED) is 0.808. The third-order valence-electron chi connectivity index (χ3n) is 4.31. The van der Waals surface area contributed by atoms with Gasteiger partial charge in [-0.2, -0.15) is 0 Å². The SMILES string of the molecule is NCCCOc1ccc(C(=O)N2CCO[C@@H](C3CC3)C2)cc1Cl. The largest absolute Gasteiger partial charge is 0.492 e. The monoisotopic (exact) mass is 338 g/mol. The highest BCUT2D eigenvalue weighted by Gasteiger charge is 2.36. The number of rotatable bonds is 6. The van der Waals surface area contributed by atoms with E-state index in [4.69, 9.17) is 26.8 Å². The van der Waals surface area contributed by atoms with Gasteiger partial charge in [0.1, 0.15) is 5.75 Å². The molecule has 0 spiro atoms. The summed E-state index contributed by atoms with van der Waals surface area (Å²) in [5.74, 6) is 1.23. The van der Waals surface area contributed by atoms with Crippen molar-refractivity contribution in [2.75, 3.05) is 32.8 Å². The van der Waals surface area contributed by atoms with Gasteiger partial charge < -0.3 is 20.1 Å². The lowest BCUT2D eigenvalue weighted by Gasteiger charge is -2.33. The molecule has 1 atom stereocenters. The van der Waals surface area contributed by atoms with Crippen molar-refractivity contribution in [1.29, 1.82) is 0 Å². The normalized spacial score (nSPS) is 21.3. The Bertz CT molecular complexity index is 563. The minimum absolute atomic E-state index is 0.00866. The summed E-state index contributed by atoms with van der Waals surface area (Å²) in [5, 5.41) is 0.458. The fraction of sp³-hybridized carbons (Fsp3) is 0.588. The van der Waals surface area contributed by atoms with Crippen LogP contribution in [0.5, 0.6) is 5.75 Å². The Balaban J connectivity index is 1.63. The number of nitrogens with two attached hydrogens (primary N) is 1. The van der Waals surface area contributed by atoms with Gasteiger partial charge in [-0.25, -0.2) is 0 Å². The van der Waals surface area contributed by atoms with Gasteiger partial charge in [-0.15, -0.1) is 0 Å². The Morgan fingerprint density at radius 2 is 2.26 bits per heavy atom. The van der Waals surface area contributed by atoms with Crippen LogP contribution in [0.25, 0.3) is 0 Å². The summed E-state index contributed by atoms with van der Waals surface area (Å²) in [4.78, 5) is 14.5. The maximum atomic E-state index is 12.7. The molecular weight excluding hydrogens is 316 g/mol. The zero-order valence-corrected chi connectivity index (χ0v) is 13.9. The molecular formula is C17H23ClN2O3. The number of morpholine rings is 1. The van der Waals surface area contributed by atoms with E-state index >= 15 is 0 Å². The second-order valence-electron chi connectivity index (χ2n) is 6.13. The molecule has 1 aromatic rings. The molecule has 5 nitrogen and oxygen atoms in total. The number of halogens is 1. The van der Waals surface area contributed by atoms with E-state index in [9.17, 15) is 4.79 Å². The van der Waals surface area contributed by atoms with Gasteiger partial charge >= 0.3 is 0 Å². The summed E-state index contributed by atoms with van der Waals surface area (Å²) in [6.45, 7) is 3.02. The van der Waals surface area contributed by atoms with Crippen molar-refractivity contribution in [3.63, 3.8) is 0 Å². The third kappa shape index (κ3) is 4.16. The van der Waals surface area contributed by atoms with Crippen LogP contribution in [0.1, 0.15) is 29.6 Å². The first-order valence-electron chi connectivity index (χ1n) is 8.22. The molecule has 2 N–H and O–H groups in total. The summed E-state index contributed by atoms with van der Waals surface area (Å²) in [5.41, 5.74) is 6.04. The molecule has 0 radical (unpaired) electrons. The molecule has 0 bridgehead atoms. The molecule has 126 valence electrons. The average Bonchev–Trinajstić information content (AvgIpc) is 3.41. The van der Waals surface area contributed by atoms with Crippen LogP contribution in [-0.2, 0) is 4.74 Å². The van der Waals surface area contributed by atoms with Crippen molar-refractivity contribution >= 4 is 17.5 Å². The molecule has 0 aromatic heterocycles. The van der Waals surface area contributed by atoms with E-state index in [0.717, 1.165) is 6.42 Å². The van der Waals surface area contributed by atoms with Gasteiger partial charge in [-0.05, 0) is 49.9 Å². The molecule has 1 aliphatic carbocycles. The first-order chi connectivity index (χ1) is 11.2. The van der Waals surface area contributed by atoms with Crippen LogP contribution < -0.4 is 10.5 Å². The summed E-state index contributed by atoms with van der Waals surface area (Å²) in [6, 6.07) is 5.21. The highest BCUT2D eigenvalue weighted by Crippen LogP contribution is 2.36. The van der Waals surface area contributed by atoms with Gasteiger partial charge in [0, 0.05) is 18.7 Å². The van der Waals surface area contributed by atoms with Gasteiger partial charge in [0.05, 0.1) is 24.3 Å². The number of amides is 1. The van der Waals surface area contributed by atoms with Gasteiger partial charge in [-0.1, -0.05) is 11.6 Å². The van der Waals surface area contributed by atoms with Crippen LogP contribution in [-0.4, -0.2) is 49.8 Å². The Hall–Kier alpha value is -1.30. The van der Waals surface area contributed by atoms with Crippen LogP contribution in [0.2, 0.25) is 5.02 Å². The summed E-state index contributed by atoms with van der Waals surface area (Å²) < 4.78 is 11.3. The van der Waals surface area contributed by atoms with Crippen molar-refractivity contribution < 1.29 is 14.3 Å². The number of ether oxygens (including phenoxy) is 2.